The van der Waals surface area contributed by atoms with Gasteiger partial charge in [-0.3, -0.25) is 9.67 Å². The van der Waals surface area contributed by atoms with Crippen molar-refractivity contribution in [3.05, 3.63) is 54.0 Å². The number of hydrogen-bond acceptors (Lipinski definition) is 4. The van der Waals surface area contributed by atoms with E-state index in [0.29, 0.717) is 0 Å². The second-order valence-corrected chi connectivity index (χ2v) is 5.15. The Morgan fingerprint density at radius 1 is 1.29 bits per heavy atom. The van der Waals surface area contributed by atoms with Gasteiger partial charge in [0.2, 0.25) is 0 Å². The van der Waals surface area contributed by atoms with Crippen LogP contribution in [0.1, 0.15) is 24.2 Å². The molecule has 108 valence electrons. The number of aryl methyl sites for hydroxylation is 1. The molecule has 0 aliphatic rings. The van der Waals surface area contributed by atoms with Crippen LogP contribution in [-0.4, -0.2) is 26.5 Å². The molecule has 5 nitrogen and oxygen atoms in total. The Bertz CT molecular complexity index is 734. The molecule has 0 aliphatic carbocycles. The van der Waals surface area contributed by atoms with Crippen molar-refractivity contribution in [3.8, 4) is 0 Å². The van der Waals surface area contributed by atoms with Crippen LogP contribution in [0.25, 0.3) is 10.9 Å². The fourth-order valence-corrected chi connectivity index (χ4v) is 2.56. The Morgan fingerprint density at radius 3 is 2.95 bits per heavy atom. The highest BCUT2D eigenvalue weighted by molar-refractivity contribution is 5.79. The Kier molecular flexibility index (Phi) is 3.92. The summed E-state index contributed by atoms with van der Waals surface area (Å²) in [6.45, 7) is 3.03. The van der Waals surface area contributed by atoms with Gasteiger partial charge in [0.15, 0.2) is 0 Å². The summed E-state index contributed by atoms with van der Waals surface area (Å²) in [6.07, 6.45) is 4.61. The fraction of sp³-hybridized carbons (Fsp3) is 0.312. The maximum absolute atomic E-state index is 4.37. The van der Waals surface area contributed by atoms with E-state index < -0.39 is 0 Å². The first-order chi connectivity index (χ1) is 10.3. The number of pyridine rings is 1. The minimum atomic E-state index is 0.233. The lowest BCUT2D eigenvalue weighted by Gasteiger charge is -2.17. The Hall–Kier alpha value is -2.27. The SMILES string of the molecule is CCNC(Cc1cn(C)nn1)c1ccc2ncccc2c1. The van der Waals surface area contributed by atoms with Crippen molar-refractivity contribution in [2.45, 2.75) is 19.4 Å². The normalized spacial score (nSPS) is 12.7. The van der Waals surface area contributed by atoms with Gasteiger partial charge in [-0.2, -0.15) is 0 Å². The van der Waals surface area contributed by atoms with Gasteiger partial charge in [0.05, 0.1) is 11.2 Å². The lowest BCUT2D eigenvalue weighted by atomic mass is 10.00. The first kappa shape index (κ1) is 13.7. The molecular formula is C16H19N5. The Labute approximate surface area is 124 Å². The molecule has 0 fully saturated rings. The van der Waals surface area contributed by atoms with Crippen molar-refractivity contribution in [2.75, 3.05) is 6.54 Å². The van der Waals surface area contributed by atoms with Gasteiger partial charge < -0.3 is 5.32 Å². The number of rotatable bonds is 5. The molecule has 1 N–H and O–H groups in total. The number of nitrogens with zero attached hydrogens (tertiary/aromatic N) is 4. The highest BCUT2D eigenvalue weighted by Crippen LogP contribution is 2.21. The molecule has 0 spiro atoms. The zero-order valence-electron chi connectivity index (χ0n) is 12.3. The van der Waals surface area contributed by atoms with Gasteiger partial charge >= 0.3 is 0 Å². The van der Waals surface area contributed by atoms with Crippen molar-refractivity contribution in [1.82, 2.24) is 25.3 Å². The molecule has 3 aromatic rings. The lowest BCUT2D eigenvalue weighted by molar-refractivity contribution is 0.544. The van der Waals surface area contributed by atoms with Crippen LogP contribution in [0.2, 0.25) is 0 Å². The molecule has 0 amide bonds. The van der Waals surface area contributed by atoms with E-state index in [4.69, 9.17) is 0 Å². The van der Waals surface area contributed by atoms with Gasteiger partial charge in [0, 0.05) is 37.3 Å². The third-order valence-corrected chi connectivity index (χ3v) is 3.54. The molecule has 0 saturated carbocycles. The van der Waals surface area contributed by atoms with Crippen LogP contribution in [0, 0.1) is 0 Å². The Balaban J connectivity index is 1.90. The van der Waals surface area contributed by atoms with Crippen LogP contribution in [-0.2, 0) is 13.5 Å². The molecule has 0 bridgehead atoms. The largest absolute Gasteiger partial charge is 0.310 e. The highest BCUT2D eigenvalue weighted by Gasteiger charge is 2.13. The minimum Gasteiger partial charge on any atom is -0.310 e. The summed E-state index contributed by atoms with van der Waals surface area (Å²) in [5.41, 5.74) is 3.27. The highest BCUT2D eigenvalue weighted by atomic mass is 15.4. The molecule has 0 radical (unpaired) electrons. The predicted molar refractivity (Wildman–Crippen MR) is 82.9 cm³/mol. The lowest BCUT2D eigenvalue weighted by Crippen LogP contribution is -2.23. The number of aromatic nitrogens is 4. The van der Waals surface area contributed by atoms with Crippen molar-refractivity contribution in [2.24, 2.45) is 7.05 Å². The van der Waals surface area contributed by atoms with E-state index in [1.807, 2.05) is 25.5 Å². The average Bonchev–Trinajstić information content (AvgIpc) is 2.91. The number of hydrogen-bond donors (Lipinski definition) is 1. The molecule has 2 heterocycles. The topological polar surface area (TPSA) is 55.6 Å². The van der Waals surface area contributed by atoms with E-state index in [1.165, 1.54) is 5.56 Å². The van der Waals surface area contributed by atoms with Crippen LogP contribution in [0.3, 0.4) is 0 Å². The fourth-order valence-electron chi connectivity index (χ4n) is 2.56. The second-order valence-electron chi connectivity index (χ2n) is 5.15. The minimum absolute atomic E-state index is 0.233. The van der Waals surface area contributed by atoms with Crippen LogP contribution in [0.15, 0.2) is 42.7 Å². The third kappa shape index (κ3) is 3.08. The maximum atomic E-state index is 4.37. The van der Waals surface area contributed by atoms with Gasteiger partial charge in [-0.15, -0.1) is 5.10 Å². The number of benzene rings is 1. The quantitative estimate of drug-likeness (QED) is 0.779. The van der Waals surface area contributed by atoms with E-state index in [-0.39, 0.29) is 6.04 Å². The van der Waals surface area contributed by atoms with Crippen molar-refractivity contribution >= 4 is 10.9 Å². The number of fused-ring (bicyclic) bond motifs is 1. The van der Waals surface area contributed by atoms with E-state index in [1.54, 1.807) is 4.68 Å². The van der Waals surface area contributed by atoms with E-state index in [2.05, 4.69) is 51.8 Å². The Morgan fingerprint density at radius 2 is 2.19 bits per heavy atom. The molecule has 21 heavy (non-hydrogen) atoms. The van der Waals surface area contributed by atoms with Crippen LogP contribution in [0.5, 0.6) is 0 Å². The van der Waals surface area contributed by atoms with Crippen LogP contribution >= 0.6 is 0 Å². The van der Waals surface area contributed by atoms with Gasteiger partial charge in [0.1, 0.15) is 0 Å². The van der Waals surface area contributed by atoms with Crippen LogP contribution < -0.4 is 5.32 Å². The molecule has 2 aromatic heterocycles. The summed E-state index contributed by atoms with van der Waals surface area (Å²) < 4.78 is 1.74. The first-order valence-corrected chi connectivity index (χ1v) is 7.19. The first-order valence-electron chi connectivity index (χ1n) is 7.19. The van der Waals surface area contributed by atoms with Crippen molar-refractivity contribution < 1.29 is 0 Å². The predicted octanol–water partition coefficient (Wildman–Crippen LogP) is 2.26. The van der Waals surface area contributed by atoms with Gasteiger partial charge in [-0.25, -0.2) is 0 Å². The van der Waals surface area contributed by atoms with E-state index in [9.17, 15) is 0 Å². The summed E-state index contributed by atoms with van der Waals surface area (Å²) >= 11 is 0. The molecule has 0 aliphatic heterocycles. The van der Waals surface area contributed by atoms with Gasteiger partial charge in [-0.05, 0) is 30.3 Å². The number of nitrogens with one attached hydrogen (secondary N) is 1. The summed E-state index contributed by atoms with van der Waals surface area (Å²) in [5.74, 6) is 0. The third-order valence-electron chi connectivity index (χ3n) is 3.54. The molecule has 1 atom stereocenters. The summed E-state index contributed by atoms with van der Waals surface area (Å²) in [6, 6.07) is 10.7. The monoisotopic (exact) mass is 281 g/mol. The standard InChI is InChI=1S/C16H19N5/c1-3-17-16(10-14-11-21(2)20-19-14)13-6-7-15-12(9-13)5-4-8-18-15/h4-9,11,16-17H,3,10H2,1-2H3. The van der Waals surface area contributed by atoms with Gasteiger partial charge in [-0.1, -0.05) is 24.3 Å². The van der Waals surface area contributed by atoms with Crippen molar-refractivity contribution in [1.29, 1.82) is 0 Å². The zero-order valence-corrected chi connectivity index (χ0v) is 12.3. The summed E-state index contributed by atoms with van der Waals surface area (Å²) in [7, 11) is 1.89. The molecule has 1 aromatic carbocycles. The molecular weight excluding hydrogens is 262 g/mol. The molecule has 1 unspecified atom stereocenters. The molecule has 5 heteroatoms. The number of likely N-dealkylation sites (N-methyl/N-ethyl adjacent to an activating group) is 1. The van der Waals surface area contributed by atoms with Gasteiger partial charge in [0.25, 0.3) is 0 Å². The molecule has 0 saturated heterocycles. The summed E-state index contributed by atoms with van der Waals surface area (Å²) in [5, 5.41) is 12.9. The van der Waals surface area contributed by atoms with Crippen LogP contribution in [0.4, 0.5) is 0 Å². The summed E-state index contributed by atoms with van der Waals surface area (Å²) in [4.78, 5) is 4.37. The smallest absolute Gasteiger partial charge is 0.0845 e. The van der Waals surface area contributed by atoms with Crippen molar-refractivity contribution in [3.63, 3.8) is 0 Å². The van der Waals surface area contributed by atoms with E-state index >= 15 is 0 Å². The molecule has 3 rings (SSSR count). The van der Waals surface area contributed by atoms with E-state index in [0.717, 1.165) is 29.6 Å². The average molecular weight is 281 g/mol. The maximum Gasteiger partial charge on any atom is 0.0845 e. The zero-order chi connectivity index (χ0) is 14.7. The second kappa shape index (κ2) is 6.01.